The first-order valence-electron chi connectivity index (χ1n) is 3.08. The lowest BCUT2D eigenvalue weighted by atomic mass is 10.4. The summed E-state index contributed by atoms with van der Waals surface area (Å²) in [5.41, 5.74) is 1.08. The SMILES string of the molecule is C=C(Cl)CSCc1cnoc1. The zero-order valence-electron chi connectivity index (χ0n) is 5.92. The molecule has 0 fully saturated rings. The van der Waals surface area contributed by atoms with Crippen LogP contribution in [0.25, 0.3) is 0 Å². The van der Waals surface area contributed by atoms with Gasteiger partial charge in [-0.05, 0) is 0 Å². The highest BCUT2D eigenvalue weighted by Crippen LogP contribution is 2.15. The van der Waals surface area contributed by atoms with E-state index in [1.807, 2.05) is 0 Å². The van der Waals surface area contributed by atoms with Gasteiger partial charge in [0.05, 0.1) is 6.20 Å². The van der Waals surface area contributed by atoms with Gasteiger partial charge in [0.15, 0.2) is 0 Å². The summed E-state index contributed by atoms with van der Waals surface area (Å²) < 4.78 is 4.65. The Bertz CT molecular complexity index is 222. The Labute approximate surface area is 74.6 Å². The van der Waals surface area contributed by atoms with Crippen molar-refractivity contribution in [2.45, 2.75) is 5.75 Å². The van der Waals surface area contributed by atoms with Crippen molar-refractivity contribution in [2.75, 3.05) is 5.75 Å². The molecule has 1 heterocycles. The standard InChI is InChI=1S/C7H8ClNOS/c1-6(8)4-11-5-7-2-9-10-3-7/h2-3H,1,4-5H2. The normalized spacial score (nSPS) is 9.91. The summed E-state index contributed by atoms with van der Waals surface area (Å²) in [5, 5.41) is 4.25. The van der Waals surface area contributed by atoms with E-state index >= 15 is 0 Å². The molecule has 0 radical (unpaired) electrons. The lowest BCUT2D eigenvalue weighted by molar-refractivity contribution is 0.419. The summed E-state index contributed by atoms with van der Waals surface area (Å²) in [7, 11) is 0. The Morgan fingerprint density at radius 3 is 3.18 bits per heavy atom. The third kappa shape index (κ3) is 3.49. The van der Waals surface area contributed by atoms with Crippen LogP contribution in [0, 0.1) is 0 Å². The van der Waals surface area contributed by atoms with Crippen LogP contribution in [0.15, 0.2) is 28.6 Å². The first-order chi connectivity index (χ1) is 5.29. The molecule has 0 aliphatic heterocycles. The Hall–Kier alpha value is -0.410. The van der Waals surface area contributed by atoms with Crippen molar-refractivity contribution in [3.8, 4) is 0 Å². The van der Waals surface area contributed by atoms with E-state index in [1.165, 1.54) is 0 Å². The van der Waals surface area contributed by atoms with Crippen molar-refractivity contribution in [1.82, 2.24) is 5.16 Å². The summed E-state index contributed by atoms with van der Waals surface area (Å²) in [6.45, 7) is 3.58. The van der Waals surface area contributed by atoms with Gasteiger partial charge in [-0.25, -0.2) is 0 Å². The van der Waals surface area contributed by atoms with Crippen LogP contribution < -0.4 is 0 Å². The molecule has 0 saturated carbocycles. The van der Waals surface area contributed by atoms with E-state index in [2.05, 4.69) is 16.3 Å². The Morgan fingerprint density at radius 2 is 2.64 bits per heavy atom. The van der Waals surface area contributed by atoms with Crippen molar-refractivity contribution < 1.29 is 4.52 Å². The predicted octanol–water partition coefficient (Wildman–Crippen LogP) is 2.66. The van der Waals surface area contributed by atoms with E-state index in [4.69, 9.17) is 11.6 Å². The van der Waals surface area contributed by atoms with Crippen molar-refractivity contribution in [3.63, 3.8) is 0 Å². The summed E-state index contributed by atoms with van der Waals surface area (Å²) in [6, 6.07) is 0. The van der Waals surface area contributed by atoms with Gasteiger partial charge in [-0.1, -0.05) is 23.3 Å². The van der Waals surface area contributed by atoms with E-state index in [-0.39, 0.29) is 0 Å². The van der Waals surface area contributed by atoms with Gasteiger partial charge in [0, 0.05) is 22.1 Å². The quantitative estimate of drug-likeness (QED) is 0.729. The van der Waals surface area contributed by atoms with Gasteiger partial charge in [0.2, 0.25) is 0 Å². The summed E-state index contributed by atoms with van der Waals surface area (Å²) in [4.78, 5) is 0. The van der Waals surface area contributed by atoms with E-state index in [0.717, 1.165) is 17.1 Å². The maximum absolute atomic E-state index is 5.56. The molecule has 11 heavy (non-hydrogen) atoms. The second-order valence-electron chi connectivity index (χ2n) is 2.04. The van der Waals surface area contributed by atoms with Gasteiger partial charge in [-0.15, -0.1) is 0 Å². The van der Waals surface area contributed by atoms with Gasteiger partial charge in [-0.3, -0.25) is 0 Å². The fourth-order valence-corrected chi connectivity index (χ4v) is 1.51. The summed E-state index contributed by atoms with van der Waals surface area (Å²) in [5.74, 6) is 1.64. The van der Waals surface area contributed by atoms with Crippen molar-refractivity contribution in [1.29, 1.82) is 0 Å². The molecule has 0 bridgehead atoms. The van der Waals surface area contributed by atoms with E-state index in [0.29, 0.717) is 5.03 Å². The monoisotopic (exact) mass is 189 g/mol. The van der Waals surface area contributed by atoms with Gasteiger partial charge < -0.3 is 4.52 Å². The predicted molar refractivity (Wildman–Crippen MR) is 47.7 cm³/mol. The molecule has 1 aromatic heterocycles. The summed E-state index contributed by atoms with van der Waals surface area (Å²) in [6.07, 6.45) is 3.33. The summed E-state index contributed by atoms with van der Waals surface area (Å²) >= 11 is 7.25. The smallest absolute Gasteiger partial charge is 0.127 e. The van der Waals surface area contributed by atoms with Crippen LogP contribution in [0.2, 0.25) is 0 Å². The maximum atomic E-state index is 5.56. The molecule has 0 aromatic carbocycles. The largest absolute Gasteiger partial charge is 0.364 e. The molecular weight excluding hydrogens is 182 g/mol. The van der Waals surface area contributed by atoms with Crippen LogP contribution in [-0.2, 0) is 5.75 Å². The first kappa shape index (κ1) is 8.68. The van der Waals surface area contributed by atoms with Crippen LogP contribution in [0.5, 0.6) is 0 Å². The molecule has 1 aromatic rings. The highest BCUT2D eigenvalue weighted by molar-refractivity contribution is 7.98. The van der Waals surface area contributed by atoms with Crippen molar-refractivity contribution >= 4 is 23.4 Å². The lowest BCUT2D eigenvalue weighted by Gasteiger charge is -1.94. The van der Waals surface area contributed by atoms with Crippen LogP contribution in [0.4, 0.5) is 0 Å². The molecule has 0 aliphatic carbocycles. The van der Waals surface area contributed by atoms with E-state index < -0.39 is 0 Å². The molecule has 0 N–H and O–H groups in total. The van der Waals surface area contributed by atoms with Crippen molar-refractivity contribution in [2.24, 2.45) is 0 Å². The molecule has 0 amide bonds. The lowest BCUT2D eigenvalue weighted by Crippen LogP contribution is -1.78. The minimum atomic E-state index is 0.673. The van der Waals surface area contributed by atoms with E-state index in [1.54, 1.807) is 24.2 Å². The number of hydrogen-bond donors (Lipinski definition) is 0. The molecule has 1 rings (SSSR count). The average Bonchev–Trinajstić information content (AvgIpc) is 2.39. The highest BCUT2D eigenvalue weighted by Gasteiger charge is 1.95. The molecule has 0 aliphatic rings. The van der Waals surface area contributed by atoms with Crippen LogP contribution in [-0.4, -0.2) is 10.9 Å². The third-order valence-electron chi connectivity index (χ3n) is 1.01. The number of hydrogen-bond acceptors (Lipinski definition) is 3. The zero-order chi connectivity index (χ0) is 8.10. The van der Waals surface area contributed by atoms with Crippen LogP contribution in [0.3, 0.4) is 0 Å². The fraction of sp³-hybridized carbons (Fsp3) is 0.286. The number of aromatic nitrogens is 1. The first-order valence-corrected chi connectivity index (χ1v) is 4.61. The Balaban J connectivity index is 2.19. The molecule has 0 saturated heterocycles. The minimum Gasteiger partial charge on any atom is -0.364 e. The average molecular weight is 190 g/mol. The topological polar surface area (TPSA) is 26.0 Å². The van der Waals surface area contributed by atoms with Crippen LogP contribution in [0.1, 0.15) is 5.56 Å². The maximum Gasteiger partial charge on any atom is 0.127 e. The molecule has 2 nitrogen and oxygen atoms in total. The fourth-order valence-electron chi connectivity index (χ4n) is 0.578. The molecule has 60 valence electrons. The van der Waals surface area contributed by atoms with Gasteiger partial charge in [0.1, 0.15) is 6.26 Å². The van der Waals surface area contributed by atoms with Gasteiger partial charge >= 0.3 is 0 Å². The second-order valence-corrected chi connectivity index (χ2v) is 3.56. The number of rotatable bonds is 4. The zero-order valence-corrected chi connectivity index (χ0v) is 7.49. The Kier molecular flexibility index (Phi) is 3.52. The van der Waals surface area contributed by atoms with Crippen LogP contribution >= 0.6 is 23.4 Å². The molecule has 0 atom stereocenters. The minimum absolute atomic E-state index is 0.673. The van der Waals surface area contributed by atoms with E-state index in [9.17, 15) is 0 Å². The number of thioether (sulfide) groups is 1. The number of halogens is 1. The molecule has 0 spiro atoms. The highest BCUT2D eigenvalue weighted by atomic mass is 35.5. The molecular formula is C7H8ClNOS. The number of nitrogens with zero attached hydrogens (tertiary/aromatic N) is 1. The van der Waals surface area contributed by atoms with Gasteiger partial charge in [-0.2, -0.15) is 11.8 Å². The third-order valence-corrected chi connectivity index (χ3v) is 2.39. The second kappa shape index (κ2) is 4.46. The molecule has 0 unspecified atom stereocenters. The van der Waals surface area contributed by atoms with Crippen molar-refractivity contribution in [3.05, 3.63) is 29.6 Å². The van der Waals surface area contributed by atoms with Gasteiger partial charge in [0.25, 0.3) is 0 Å². The Morgan fingerprint density at radius 1 is 1.82 bits per heavy atom. The molecule has 4 heteroatoms.